The van der Waals surface area contributed by atoms with E-state index in [1.165, 1.54) is 5.69 Å². The summed E-state index contributed by atoms with van der Waals surface area (Å²) in [6.07, 6.45) is 0. The number of hydrogen-bond acceptors (Lipinski definition) is 2. The second-order valence-corrected chi connectivity index (χ2v) is 2.93. The third-order valence-electron chi connectivity index (χ3n) is 2.13. The minimum absolute atomic E-state index is 0.856. The van der Waals surface area contributed by atoms with Crippen molar-refractivity contribution in [1.29, 1.82) is 0 Å². The Morgan fingerprint density at radius 2 is 1.67 bits per heavy atom. The number of ether oxygens (including phenoxy) is 1. The molecule has 1 aromatic carbocycles. The molecule has 0 amide bonds. The molecule has 1 radical (unpaired) electrons. The van der Waals surface area contributed by atoms with Gasteiger partial charge in [-0.15, -0.1) is 4.90 Å². The molecule has 0 aliphatic carbocycles. The summed E-state index contributed by atoms with van der Waals surface area (Å²) in [5, 5.41) is 0. The van der Waals surface area contributed by atoms with E-state index >= 15 is 0 Å². The van der Waals surface area contributed by atoms with Crippen LogP contribution >= 0.6 is 0 Å². The molecule has 0 aromatic heterocycles. The van der Waals surface area contributed by atoms with Crippen LogP contribution in [0.2, 0.25) is 0 Å². The highest BCUT2D eigenvalue weighted by Crippen LogP contribution is 2.13. The van der Waals surface area contributed by atoms with Gasteiger partial charge < -0.3 is 4.74 Å². The molecule has 2 heteroatoms. The van der Waals surface area contributed by atoms with Gasteiger partial charge in [0.2, 0.25) is 0 Å². The van der Waals surface area contributed by atoms with Crippen molar-refractivity contribution >= 4 is 5.69 Å². The van der Waals surface area contributed by atoms with Gasteiger partial charge in [-0.25, -0.2) is 0 Å². The van der Waals surface area contributed by atoms with Gasteiger partial charge in [0.25, 0.3) is 0 Å². The molecule has 2 rings (SSSR count). The molecular formula is C10H13NO+. The maximum atomic E-state index is 5.28. The Morgan fingerprint density at radius 1 is 1.00 bits per heavy atom. The second kappa shape index (κ2) is 3.70. The fraction of sp³-hybridized carbons (Fsp3) is 0.400. The third kappa shape index (κ3) is 1.65. The highest BCUT2D eigenvalue weighted by Gasteiger charge is 2.21. The van der Waals surface area contributed by atoms with Crippen molar-refractivity contribution in [2.45, 2.75) is 0 Å². The van der Waals surface area contributed by atoms with Crippen molar-refractivity contribution in [3.63, 3.8) is 0 Å². The summed E-state index contributed by atoms with van der Waals surface area (Å²) >= 11 is 0. The van der Waals surface area contributed by atoms with Crippen LogP contribution in [0.25, 0.3) is 0 Å². The van der Waals surface area contributed by atoms with Crippen LogP contribution in [0.3, 0.4) is 0 Å². The third-order valence-corrected chi connectivity index (χ3v) is 2.13. The minimum Gasteiger partial charge on any atom is -0.369 e. The van der Waals surface area contributed by atoms with E-state index in [0.29, 0.717) is 0 Å². The van der Waals surface area contributed by atoms with Crippen LogP contribution in [0, 0.1) is 0 Å². The quantitative estimate of drug-likeness (QED) is 0.572. The lowest BCUT2D eigenvalue weighted by atomic mass is 10.3. The van der Waals surface area contributed by atoms with Gasteiger partial charge in [0, 0.05) is 12.1 Å². The van der Waals surface area contributed by atoms with Gasteiger partial charge in [-0.05, 0) is 0 Å². The van der Waals surface area contributed by atoms with Crippen molar-refractivity contribution in [2.75, 3.05) is 26.3 Å². The SMILES string of the molecule is c1ccc([N+]2CCOCC2)cc1. The second-order valence-electron chi connectivity index (χ2n) is 2.93. The van der Waals surface area contributed by atoms with E-state index in [-0.39, 0.29) is 0 Å². The number of anilines is 1. The number of benzene rings is 1. The maximum absolute atomic E-state index is 5.28. The zero-order valence-electron chi connectivity index (χ0n) is 7.07. The standard InChI is InChI=1S/C10H13NO/c1-2-4-10(5-3-1)11-6-8-12-9-7-11/h1-5H,6-9H2/q+1. The summed E-state index contributed by atoms with van der Waals surface area (Å²) in [6, 6.07) is 10.5. The van der Waals surface area contributed by atoms with E-state index in [1.54, 1.807) is 0 Å². The highest BCUT2D eigenvalue weighted by atomic mass is 16.5. The van der Waals surface area contributed by atoms with Crippen molar-refractivity contribution in [1.82, 2.24) is 4.90 Å². The number of para-hydroxylation sites is 1. The van der Waals surface area contributed by atoms with Crippen LogP contribution in [0.4, 0.5) is 5.69 Å². The van der Waals surface area contributed by atoms with Crippen LogP contribution in [-0.4, -0.2) is 26.3 Å². The number of morpholine rings is 1. The Labute approximate surface area is 72.8 Å². The molecule has 1 saturated heterocycles. The molecule has 1 aliphatic heterocycles. The van der Waals surface area contributed by atoms with Gasteiger partial charge in [-0.3, -0.25) is 0 Å². The zero-order valence-corrected chi connectivity index (χ0v) is 7.07. The summed E-state index contributed by atoms with van der Waals surface area (Å²) in [5.41, 5.74) is 1.31. The van der Waals surface area contributed by atoms with Crippen LogP contribution in [0.15, 0.2) is 30.3 Å². The van der Waals surface area contributed by atoms with Crippen LogP contribution in [0.1, 0.15) is 0 Å². The molecule has 63 valence electrons. The summed E-state index contributed by atoms with van der Waals surface area (Å²) in [6.45, 7) is 3.75. The topological polar surface area (TPSA) is 15.1 Å². The first-order valence-corrected chi connectivity index (χ1v) is 4.34. The highest BCUT2D eigenvalue weighted by molar-refractivity contribution is 5.38. The van der Waals surface area contributed by atoms with E-state index < -0.39 is 0 Å². The largest absolute Gasteiger partial charge is 0.369 e. The normalized spacial score (nSPS) is 19.3. The van der Waals surface area contributed by atoms with E-state index in [9.17, 15) is 0 Å². The Hall–Kier alpha value is -0.860. The minimum atomic E-state index is 0.856. The van der Waals surface area contributed by atoms with Gasteiger partial charge >= 0.3 is 0 Å². The predicted octanol–water partition coefficient (Wildman–Crippen LogP) is 1.49. The first-order chi connectivity index (χ1) is 5.97. The van der Waals surface area contributed by atoms with Crippen LogP contribution in [0.5, 0.6) is 0 Å². The smallest absolute Gasteiger partial charge is 0.180 e. The Balaban J connectivity index is 2.08. The molecule has 0 saturated carbocycles. The van der Waals surface area contributed by atoms with E-state index in [4.69, 9.17) is 4.74 Å². The van der Waals surface area contributed by atoms with Crippen molar-refractivity contribution in [2.24, 2.45) is 0 Å². The molecule has 1 aliphatic rings. The molecule has 12 heavy (non-hydrogen) atoms. The van der Waals surface area contributed by atoms with Gasteiger partial charge in [0.05, 0.1) is 0 Å². The average molecular weight is 163 g/mol. The molecule has 0 spiro atoms. The van der Waals surface area contributed by atoms with Crippen LogP contribution in [-0.2, 0) is 4.74 Å². The molecule has 0 unspecified atom stereocenters. The summed E-state index contributed by atoms with van der Waals surface area (Å²) in [5.74, 6) is 0. The van der Waals surface area contributed by atoms with E-state index in [0.717, 1.165) is 26.3 Å². The lowest BCUT2D eigenvalue weighted by Gasteiger charge is -2.16. The van der Waals surface area contributed by atoms with Gasteiger partial charge in [0.15, 0.2) is 18.8 Å². The van der Waals surface area contributed by atoms with Crippen molar-refractivity contribution in [3.05, 3.63) is 30.3 Å². The molecule has 2 nitrogen and oxygen atoms in total. The number of rotatable bonds is 1. The molecular weight excluding hydrogens is 150 g/mol. The Bertz CT molecular complexity index is 229. The first-order valence-electron chi connectivity index (χ1n) is 4.34. The van der Waals surface area contributed by atoms with Crippen LogP contribution < -0.4 is 4.90 Å². The van der Waals surface area contributed by atoms with Crippen molar-refractivity contribution < 1.29 is 4.74 Å². The Morgan fingerprint density at radius 3 is 2.33 bits per heavy atom. The fourth-order valence-corrected chi connectivity index (χ4v) is 1.46. The van der Waals surface area contributed by atoms with E-state index in [2.05, 4.69) is 29.2 Å². The molecule has 1 aromatic rings. The summed E-state index contributed by atoms with van der Waals surface area (Å²) < 4.78 is 5.28. The summed E-state index contributed by atoms with van der Waals surface area (Å²) in [4.78, 5) is 2.35. The van der Waals surface area contributed by atoms with Gasteiger partial charge in [0.1, 0.15) is 13.2 Å². The maximum Gasteiger partial charge on any atom is 0.180 e. The molecule has 1 heterocycles. The van der Waals surface area contributed by atoms with Gasteiger partial charge in [-0.1, -0.05) is 18.2 Å². The lowest BCUT2D eigenvalue weighted by Crippen LogP contribution is -2.37. The van der Waals surface area contributed by atoms with Crippen molar-refractivity contribution in [3.8, 4) is 0 Å². The monoisotopic (exact) mass is 163 g/mol. The first kappa shape index (κ1) is 7.77. The predicted molar refractivity (Wildman–Crippen MR) is 48.8 cm³/mol. The molecule has 1 fully saturated rings. The molecule has 0 N–H and O–H groups in total. The van der Waals surface area contributed by atoms with E-state index in [1.807, 2.05) is 6.07 Å². The Kier molecular flexibility index (Phi) is 2.39. The number of hydrogen-bond donors (Lipinski definition) is 0. The average Bonchev–Trinajstić information content (AvgIpc) is 2.21. The fourth-order valence-electron chi connectivity index (χ4n) is 1.46. The molecule has 0 atom stereocenters. The molecule has 0 bridgehead atoms. The summed E-state index contributed by atoms with van der Waals surface area (Å²) in [7, 11) is 0. The lowest BCUT2D eigenvalue weighted by molar-refractivity contribution is 0.0903. The number of nitrogens with zero attached hydrogens (tertiary/aromatic N) is 1. The van der Waals surface area contributed by atoms with Gasteiger partial charge in [-0.2, -0.15) is 0 Å². The zero-order chi connectivity index (χ0) is 8.23.